The van der Waals surface area contributed by atoms with Crippen molar-refractivity contribution in [3.05, 3.63) is 65.7 Å². The number of methoxy groups -OCH3 is 1. The summed E-state index contributed by atoms with van der Waals surface area (Å²) < 4.78 is 46.6. The van der Waals surface area contributed by atoms with E-state index in [1.807, 2.05) is 0 Å². The number of urea groups is 1. The zero-order valence-corrected chi connectivity index (χ0v) is 16.5. The normalized spacial score (nSPS) is 18.6. The van der Waals surface area contributed by atoms with Gasteiger partial charge in [-0.25, -0.2) is 4.79 Å². The molecule has 0 saturated carbocycles. The van der Waals surface area contributed by atoms with E-state index >= 15 is 0 Å². The van der Waals surface area contributed by atoms with Gasteiger partial charge in [-0.1, -0.05) is 42.5 Å². The van der Waals surface area contributed by atoms with Crippen LogP contribution in [0.15, 0.2) is 54.6 Å². The van der Waals surface area contributed by atoms with Gasteiger partial charge in [-0.2, -0.15) is 13.2 Å². The molecule has 3 rings (SSSR count). The Kier molecular flexibility index (Phi) is 6.19. The van der Waals surface area contributed by atoms with Crippen molar-refractivity contribution in [1.29, 1.82) is 0 Å². The molecule has 1 heterocycles. The maximum Gasteiger partial charge on any atom is 0.440 e. The molecule has 1 saturated heterocycles. The van der Waals surface area contributed by atoms with Crippen molar-refractivity contribution in [2.24, 2.45) is 0 Å². The smallest absolute Gasteiger partial charge is 0.440 e. The average Bonchev–Trinajstić information content (AvgIpc) is 2.98. The molecule has 4 amide bonds. The fourth-order valence-electron chi connectivity index (χ4n) is 3.16. The average molecular weight is 435 g/mol. The Hall–Kier alpha value is -3.56. The Morgan fingerprint density at radius 3 is 2.29 bits per heavy atom. The molecular weight excluding hydrogens is 415 g/mol. The molecule has 0 aliphatic carbocycles. The summed E-state index contributed by atoms with van der Waals surface area (Å²) in [6.07, 6.45) is -5.35. The lowest BCUT2D eigenvalue weighted by atomic mass is 10.1. The number of hydrogen-bond donors (Lipinski definition) is 2. The Labute approximate surface area is 176 Å². The highest BCUT2D eigenvalue weighted by molar-refractivity contribution is 6.08. The molecule has 1 aliphatic heterocycles. The van der Waals surface area contributed by atoms with Crippen molar-refractivity contribution in [1.82, 2.24) is 15.5 Å². The second-order valence-corrected chi connectivity index (χ2v) is 6.95. The third-order valence-corrected chi connectivity index (χ3v) is 4.84. The van der Waals surface area contributed by atoms with Crippen LogP contribution in [-0.4, -0.2) is 41.7 Å². The minimum atomic E-state index is -5.24. The van der Waals surface area contributed by atoms with E-state index in [0.29, 0.717) is 16.2 Å². The summed E-state index contributed by atoms with van der Waals surface area (Å²) in [5.74, 6) is -2.09. The second kappa shape index (κ2) is 8.66. The van der Waals surface area contributed by atoms with Gasteiger partial charge in [0, 0.05) is 6.42 Å². The molecule has 2 aromatic carbocycles. The Bertz CT molecular complexity index is 964. The van der Waals surface area contributed by atoms with Gasteiger partial charge in [-0.05, 0) is 29.7 Å². The number of alkyl halides is 3. The third kappa shape index (κ3) is 4.62. The molecule has 0 unspecified atom stereocenters. The van der Waals surface area contributed by atoms with E-state index in [1.54, 1.807) is 53.1 Å². The number of nitrogens with zero attached hydrogens (tertiary/aromatic N) is 1. The van der Waals surface area contributed by atoms with Crippen LogP contribution in [0.4, 0.5) is 18.0 Å². The number of carbonyl (C=O) groups excluding carboxylic acids is 3. The van der Waals surface area contributed by atoms with Gasteiger partial charge < -0.3 is 10.1 Å². The molecule has 1 fully saturated rings. The van der Waals surface area contributed by atoms with Crippen LogP contribution in [0.2, 0.25) is 0 Å². The van der Waals surface area contributed by atoms with Crippen LogP contribution >= 0.6 is 0 Å². The molecular formula is C21H20F3N3O4. The van der Waals surface area contributed by atoms with Crippen LogP contribution in [0, 0.1) is 0 Å². The van der Waals surface area contributed by atoms with Gasteiger partial charge in [0.2, 0.25) is 5.91 Å². The molecule has 0 radical (unpaired) electrons. The number of hydrogen-bond acceptors (Lipinski definition) is 4. The van der Waals surface area contributed by atoms with Gasteiger partial charge >= 0.3 is 12.2 Å². The van der Waals surface area contributed by atoms with Gasteiger partial charge in [-0.3, -0.25) is 19.8 Å². The van der Waals surface area contributed by atoms with Crippen molar-refractivity contribution >= 4 is 17.8 Å². The Balaban J connectivity index is 1.76. The molecule has 10 heteroatoms. The largest absolute Gasteiger partial charge is 0.497 e. The lowest BCUT2D eigenvalue weighted by Gasteiger charge is -2.30. The quantitative estimate of drug-likeness (QED) is 0.655. The molecule has 164 valence electrons. The topological polar surface area (TPSA) is 87.7 Å². The van der Waals surface area contributed by atoms with Crippen molar-refractivity contribution in [2.75, 3.05) is 7.11 Å². The van der Waals surface area contributed by atoms with Crippen molar-refractivity contribution in [3.63, 3.8) is 0 Å². The number of imide groups is 1. The molecule has 0 aromatic heterocycles. The van der Waals surface area contributed by atoms with Gasteiger partial charge in [0.15, 0.2) is 0 Å². The van der Waals surface area contributed by atoms with Gasteiger partial charge in [0.05, 0.1) is 13.7 Å². The van der Waals surface area contributed by atoms with E-state index in [2.05, 4.69) is 0 Å². The van der Waals surface area contributed by atoms with E-state index in [9.17, 15) is 27.6 Å². The number of amides is 4. The van der Waals surface area contributed by atoms with E-state index < -0.39 is 36.2 Å². The molecule has 31 heavy (non-hydrogen) atoms. The molecule has 1 atom stereocenters. The first-order valence-electron chi connectivity index (χ1n) is 9.35. The monoisotopic (exact) mass is 435 g/mol. The lowest BCUT2D eigenvalue weighted by molar-refractivity contribution is -0.204. The minimum absolute atomic E-state index is 0.179. The van der Waals surface area contributed by atoms with Gasteiger partial charge in [-0.15, -0.1) is 0 Å². The fraction of sp³-hybridized carbons (Fsp3) is 0.286. The van der Waals surface area contributed by atoms with E-state index in [4.69, 9.17) is 4.74 Å². The van der Waals surface area contributed by atoms with Crippen LogP contribution in [0.3, 0.4) is 0 Å². The minimum Gasteiger partial charge on any atom is -0.497 e. The highest BCUT2D eigenvalue weighted by Gasteiger charge is 2.68. The van der Waals surface area contributed by atoms with Crippen LogP contribution in [0.5, 0.6) is 5.75 Å². The summed E-state index contributed by atoms with van der Waals surface area (Å²) in [7, 11) is 1.45. The van der Waals surface area contributed by atoms with Crippen LogP contribution in [0.1, 0.15) is 17.5 Å². The summed E-state index contributed by atoms with van der Waals surface area (Å²) >= 11 is 0. The highest BCUT2D eigenvalue weighted by atomic mass is 19.4. The molecule has 7 nitrogen and oxygen atoms in total. The standard InChI is InChI=1S/C21H20F3N3O4/c1-31-16-10-7-15(8-11-16)13-27-18(29)20(21(22,23)24,26-19(27)30)25-17(28)12-9-14-5-3-2-4-6-14/h2-8,10-11H,9,12-13H2,1H3,(H,25,28)(H,26,30)/t20-/m0/s1. The Morgan fingerprint density at radius 2 is 1.71 bits per heavy atom. The number of halogens is 3. The number of ether oxygens (including phenoxy) is 1. The highest BCUT2D eigenvalue weighted by Crippen LogP contribution is 2.34. The van der Waals surface area contributed by atoms with Crippen LogP contribution < -0.4 is 15.4 Å². The summed E-state index contributed by atoms with van der Waals surface area (Å²) in [5, 5.41) is 3.34. The number of carbonyl (C=O) groups is 3. The zero-order chi connectivity index (χ0) is 22.6. The van der Waals surface area contributed by atoms with E-state index in [0.717, 1.165) is 5.56 Å². The van der Waals surface area contributed by atoms with E-state index in [-0.39, 0.29) is 12.8 Å². The van der Waals surface area contributed by atoms with Crippen molar-refractivity contribution < 1.29 is 32.3 Å². The maximum absolute atomic E-state index is 13.9. The summed E-state index contributed by atoms with van der Waals surface area (Å²) in [4.78, 5) is 37.6. The molecule has 0 spiro atoms. The van der Waals surface area contributed by atoms with Crippen molar-refractivity contribution in [2.45, 2.75) is 31.2 Å². The van der Waals surface area contributed by atoms with Gasteiger partial charge in [0.25, 0.3) is 11.6 Å². The Morgan fingerprint density at radius 1 is 1.06 bits per heavy atom. The predicted octanol–water partition coefficient (Wildman–Crippen LogP) is 2.75. The predicted molar refractivity (Wildman–Crippen MR) is 104 cm³/mol. The second-order valence-electron chi connectivity index (χ2n) is 6.95. The molecule has 2 N–H and O–H groups in total. The first-order chi connectivity index (χ1) is 14.7. The maximum atomic E-state index is 13.9. The summed E-state index contributed by atoms with van der Waals surface area (Å²) in [5.41, 5.74) is -2.34. The van der Waals surface area contributed by atoms with Crippen LogP contribution in [-0.2, 0) is 22.6 Å². The third-order valence-electron chi connectivity index (χ3n) is 4.84. The fourth-order valence-corrected chi connectivity index (χ4v) is 3.16. The summed E-state index contributed by atoms with van der Waals surface area (Å²) in [6, 6.07) is 13.6. The zero-order valence-electron chi connectivity index (χ0n) is 16.5. The van der Waals surface area contributed by atoms with E-state index in [1.165, 1.54) is 19.2 Å². The number of nitrogens with one attached hydrogen (secondary N) is 2. The molecule has 2 aromatic rings. The number of rotatable bonds is 7. The lowest BCUT2D eigenvalue weighted by Crippen LogP contribution is -2.69. The number of benzene rings is 2. The number of aryl methyl sites for hydroxylation is 1. The summed E-state index contributed by atoms with van der Waals surface area (Å²) in [6.45, 7) is -0.396. The first kappa shape index (κ1) is 22.1. The van der Waals surface area contributed by atoms with Crippen molar-refractivity contribution in [3.8, 4) is 5.75 Å². The molecule has 0 bridgehead atoms. The van der Waals surface area contributed by atoms with Crippen LogP contribution in [0.25, 0.3) is 0 Å². The first-order valence-corrected chi connectivity index (χ1v) is 9.35. The SMILES string of the molecule is COc1ccc(CN2C(=O)N[C@](NC(=O)CCc3ccccc3)(C(F)(F)F)C2=O)cc1. The molecule has 1 aliphatic rings. The van der Waals surface area contributed by atoms with Gasteiger partial charge in [0.1, 0.15) is 5.75 Å².